The lowest BCUT2D eigenvalue weighted by molar-refractivity contribution is -0.131. The Kier molecular flexibility index (Phi) is 6.52. The van der Waals surface area contributed by atoms with Crippen molar-refractivity contribution in [2.24, 2.45) is 0 Å². The normalized spacial score (nSPS) is 12.1. The maximum Gasteiger partial charge on any atom is 0.266 e. The van der Waals surface area contributed by atoms with Gasteiger partial charge in [-0.2, -0.15) is 0 Å². The van der Waals surface area contributed by atoms with Crippen molar-refractivity contribution in [2.45, 2.75) is 26.3 Å². The van der Waals surface area contributed by atoms with Gasteiger partial charge in [-0.3, -0.25) is 14.2 Å². The van der Waals surface area contributed by atoms with Gasteiger partial charge in [0.15, 0.2) is 0 Å². The summed E-state index contributed by atoms with van der Waals surface area (Å²) in [4.78, 5) is 32.3. The predicted octanol–water partition coefficient (Wildman–Crippen LogP) is 4.69. The monoisotopic (exact) mass is 461 g/mol. The van der Waals surface area contributed by atoms with E-state index in [0.717, 1.165) is 4.47 Å². The second kappa shape index (κ2) is 8.88. The van der Waals surface area contributed by atoms with E-state index in [2.05, 4.69) is 15.9 Å². The fourth-order valence-electron chi connectivity index (χ4n) is 3.40. The van der Waals surface area contributed by atoms with E-state index in [1.165, 1.54) is 0 Å². The van der Waals surface area contributed by atoms with E-state index in [9.17, 15) is 9.59 Å². The van der Waals surface area contributed by atoms with E-state index in [1.54, 1.807) is 15.5 Å². The number of carbonyl (C=O) groups is 1. The molecule has 0 N–H and O–H groups in total. The third-order valence-corrected chi connectivity index (χ3v) is 5.48. The summed E-state index contributed by atoms with van der Waals surface area (Å²) in [6, 6.07) is 14.4. The fraction of sp³-hybridized carbons (Fsp3) is 0.286. The third kappa shape index (κ3) is 3.84. The van der Waals surface area contributed by atoms with Gasteiger partial charge in [-0.05, 0) is 49.7 Å². The van der Waals surface area contributed by atoms with Gasteiger partial charge < -0.3 is 4.90 Å². The Bertz CT molecular complexity index is 1050. The van der Waals surface area contributed by atoms with E-state index in [-0.39, 0.29) is 23.4 Å². The molecule has 0 saturated carbocycles. The average Bonchev–Trinajstić information content (AvgIpc) is 2.72. The standard InChI is InChI=1S/C21H21BrClN3O2/c1-3-18(25(4-2)19(27)13-23)20-24-17-8-6-5-7-16(17)21(28)26(20)15-11-9-14(22)10-12-15/h5-12,18H,3-4,13H2,1-2H3. The van der Waals surface area contributed by atoms with Crippen LogP contribution in [0, 0.1) is 0 Å². The maximum atomic E-state index is 13.4. The number of nitrogens with zero attached hydrogens (tertiary/aromatic N) is 3. The summed E-state index contributed by atoms with van der Waals surface area (Å²) < 4.78 is 2.52. The molecule has 28 heavy (non-hydrogen) atoms. The molecule has 1 heterocycles. The molecule has 3 aromatic rings. The first-order chi connectivity index (χ1) is 13.5. The van der Waals surface area contributed by atoms with Crippen molar-refractivity contribution < 1.29 is 4.79 Å². The minimum absolute atomic E-state index is 0.111. The van der Waals surface area contributed by atoms with Gasteiger partial charge in [0.2, 0.25) is 5.91 Å². The Labute approximate surface area is 177 Å². The summed E-state index contributed by atoms with van der Waals surface area (Å²) in [5.41, 5.74) is 1.16. The van der Waals surface area contributed by atoms with Gasteiger partial charge in [-0.25, -0.2) is 4.98 Å². The number of hydrogen-bond acceptors (Lipinski definition) is 3. The molecule has 3 rings (SSSR count). The largest absolute Gasteiger partial charge is 0.332 e. The first kappa shape index (κ1) is 20.6. The molecule has 0 aliphatic rings. The lowest BCUT2D eigenvalue weighted by Crippen LogP contribution is -2.39. The van der Waals surface area contributed by atoms with Crippen molar-refractivity contribution in [1.82, 2.24) is 14.5 Å². The van der Waals surface area contributed by atoms with Crippen LogP contribution in [0.1, 0.15) is 32.1 Å². The number of alkyl halides is 1. The highest BCUT2D eigenvalue weighted by molar-refractivity contribution is 9.10. The molecule has 2 aromatic carbocycles. The number of carbonyl (C=O) groups excluding carboxylic acids is 1. The van der Waals surface area contributed by atoms with Crippen molar-refractivity contribution in [1.29, 1.82) is 0 Å². The van der Waals surface area contributed by atoms with Crippen LogP contribution >= 0.6 is 27.5 Å². The van der Waals surface area contributed by atoms with Crippen LogP contribution < -0.4 is 5.56 Å². The maximum absolute atomic E-state index is 13.4. The number of fused-ring (bicyclic) bond motifs is 1. The number of halogens is 2. The Morgan fingerprint density at radius 1 is 1.18 bits per heavy atom. The number of para-hydroxylation sites is 1. The average molecular weight is 463 g/mol. The summed E-state index contributed by atoms with van der Waals surface area (Å²) >= 11 is 9.26. The minimum atomic E-state index is -0.364. The van der Waals surface area contributed by atoms with Crippen LogP contribution in [0.2, 0.25) is 0 Å². The lowest BCUT2D eigenvalue weighted by atomic mass is 10.1. The molecule has 5 nitrogen and oxygen atoms in total. The summed E-state index contributed by atoms with van der Waals surface area (Å²) in [7, 11) is 0. The van der Waals surface area contributed by atoms with E-state index in [4.69, 9.17) is 16.6 Å². The summed E-state index contributed by atoms with van der Waals surface area (Å²) in [5.74, 6) is 0.245. The zero-order chi connectivity index (χ0) is 20.3. The van der Waals surface area contributed by atoms with E-state index in [1.807, 2.05) is 56.3 Å². The predicted molar refractivity (Wildman–Crippen MR) is 116 cm³/mol. The topological polar surface area (TPSA) is 55.2 Å². The van der Waals surface area contributed by atoms with Gasteiger partial charge in [0.1, 0.15) is 11.7 Å². The second-order valence-electron chi connectivity index (χ2n) is 6.34. The Morgan fingerprint density at radius 2 is 1.86 bits per heavy atom. The quantitative estimate of drug-likeness (QED) is 0.500. The Hall–Kier alpha value is -2.18. The number of aromatic nitrogens is 2. The molecule has 0 bridgehead atoms. The van der Waals surface area contributed by atoms with Crippen LogP contribution in [0.15, 0.2) is 57.8 Å². The smallest absolute Gasteiger partial charge is 0.266 e. The van der Waals surface area contributed by atoms with E-state index in [0.29, 0.717) is 35.4 Å². The van der Waals surface area contributed by atoms with Gasteiger partial charge in [-0.15, -0.1) is 11.6 Å². The van der Waals surface area contributed by atoms with E-state index < -0.39 is 0 Å². The number of rotatable bonds is 6. The molecule has 0 spiro atoms. The number of amides is 1. The molecule has 1 amide bonds. The third-order valence-electron chi connectivity index (χ3n) is 4.72. The highest BCUT2D eigenvalue weighted by Crippen LogP contribution is 2.26. The van der Waals surface area contributed by atoms with Gasteiger partial charge >= 0.3 is 0 Å². The summed E-state index contributed by atoms with van der Waals surface area (Å²) in [6.07, 6.45) is 0.609. The molecule has 0 saturated heterocycles. The highest BCUT2D eigenvalue weighted by Gasteiger charge is 2.27. The zero-order valence-electron chi connectivity index (χ0n) is 15.7. The minimum Gasteiger partial charge on any atom is -0.332 e. The highest BCUT2D eigenvalue weighted by atomic mass is 79.9. The van der Waals surface area contributed by atoms with Gasteiger partial charge in [-0.1, -0.05) is 35.0 Å². The molecule has 7 heteroatoms. The van der Waals surface area contributed by atoms with Crippen LogP contribution in [0.4, 0.5) is 0 Å². The van der Waals surface area contributed by atoms with Crippen molar-refractivity contribution in [3.63, 3.8) is 0 Å². The number of benzene rings is 2. The molecule has 0 radical (unpaired) electrons. The van der Waals surface area contributed by atoms with Crippen LogP contribution in [0.5, 0.6) is 0 Å². The SMILES string of the molecule is CCC(c1nc2ccccc2c(=O)n1-c1ccc(Br)cc1)N(CC)C(=O)CCl. The van der Waals surface area contributed by atoms with Crippen LogP contribution in [-0.2, 0) is 4.79 Å². The molecule has 1 unspecified atom stereocenters. The fourth-order valence-corrected chi connectivity index (χ4v) is 3.82. The Morgan fingerprint density at radius 3 is 2.46 bits per heavy atom. The molecule has 1 atom stereocenters. The molecular weight excluding hydrogens is 442 g/mol. The molecule has 0 aliphatic carbocycles. The Balaban J connectivity index is 2.33. The van der Waals surface area contributed by atoms with Crippen LogP contribution in [0.25, 0.3) is 16.6 Å². The van der Waals surface area contributed by atoms with Gasteiger partial charge in [0, 0.05) is 11.0 Å². The van der Waals surface area contributed by atoms with Crippen molar-refractivity contribution in [3.05, 3.63) is 69.2 Å². The molecule has 1 aromatic heterocycles. The van der Waals surface area contributed by atoms with Crippen molar-refractivity contribution in [2.75, 3.05) is 12.4 Å². The van der Waals surface area contributed by atoms with Crippen LogP contribution in [0.3, 0.4) is 0 Å². The molecular formula is C21H21BrClN3O2. The van der Waals surface area contributed by atoms with Crippen molar-refractivity contribution >= 4 is 44.3 Å². The van der Waals surface area contributed by atoms with Crippen molar-refractivity contribution in [3.8, 4) is 5.69 Å². The van der Waals surface area contributed by atoms with Crippen LogP contribution in [-0.4, -0.2) is 32.8 Å². The first-order valence-corrected chi connectivity index (χ1v) is 10.5. The lowest BCUT2D eigenvalue weighted by Gasteiger charge is -2.31. The van der Waals surface area contributed by atoms with E-state index >= 15 is 0 Å². The zero-order valence-corrected chi connectivity index (χ0v) is 18.1. The second-order valence-corrected chi connectivity index (χ2v) is 7.52. The molecule has 0 fully saturated rings. The first-order valence-electron chi connectivity index (χ1n) is 9.14. The summed E-state index contributed by atoms with van der Waals surface area (Å²) in [6.45, 7) is 4.35. The number of hydrogen-bond donors (Lipinski definition) is 0. The van der Waals surface area contributed by atoms with Gasteiger partial charge in [0.05, 0.1) is 22.6 Å². The molecule has 146 valence electrons. The van der Waals surface area contributed by atoms with Gasteiger partial charge in [0.25, 0.3) is 5.56 Å². The molecule has 0 aliphatic heterocycles. The summed E-state index contributed by atoms with van der Waals surface area (Å²) in [5, 5.41) is 0.538.